The van der Waals surface area contributed by atoms with E-state index in [-0.39, 0.29) is 11.3 Å². The second-order valence-electron chi connectivity index (χ2n) is 9.94. The maximum absolute atomic E-state index is 13.9. The number of H-pyrrole nitrogens is 1. The maximum atomic E-state index is 13.9. The van der Waals surface area contributed by atoms with Crippen molar-refractivity contribution >= 4 is 22.8 Å². The van der Waals surface area contributed by atoms with Crippen LogP contribution in [0, 0.1) is 0 Å². The van der Waals surface area contributed by atoms with Gasteiger partial charge in [-0.2, -0.15) is 0 Å². The number of aromatic amines is 1. The first-order valence-electron chi connectivity index (χ1n) is 12.5. The molecule has 8 heteroatoms. The Morgan fingerprint density at radius 2 is 2.00 bits per heavy atom. The minimum Gasteiger partial charge on any atom is -0.495 e. The molecule has 1 aromatic carbocycles. The van der Waals surface area contributed by atoms with Crippen molar-refractivity contribution in [2.24, 2.45) is 0 Å². The van der Waals surface area contributed by atoms with E-state index in [4.69, 9.17) is 14.1 Å². The number of rotatable bonds is 9. The number of nitrogens with zero attached hydrogens (tertiary/aromatic N) is 2. The number of pyridine rings is 1. The fourth-order valence-corrected chi connectivity index (χ4v) is 5.37. The van der Waals surface area contributed by atoms with E-state index in [1.54, 1.807) is 19.5 Å². The Morgan fingerprint density at radius 3 is 2.72 bits per heavy atom. The highest BCUT2D eigenvalue weighted by molar-refractivity contribution is 5.90. The van der Waals surface area contributed by atoms with Crippen LogP contribution in [0.3, 0.4) is 0 Å². The molecule has 1 fully saturated rings. The molecule has 1 saturated carbocycles. The molecule has 1 aliphatic rings. The number of aromatic nitrogens is 3. The summed E-state index contributed by atoms with van der Waals surface area (Å²) >= 11 is 0. The minimum absolute atomic E-state index is 0.107. The molecule has 3 N–H and O–H groups in total. The molecule has 0 radical (unpaired) electrons. The molecule has 188 valence electrons. The smallest absolute Gasteiger partial charge is 0.295 e. The number of anilines is 1. The number of amides is 1. The van der Waals surface area contributed by atoms with Crippen molar-refractivity contribution in [3.8, 4) is 5.75 Å². The van der Waals surface area contributed by atoms with Crippen molar-refractivity contribution in [2.75, 3.05) is 19.0 Å². The van der Waals surface area contributed by atoms with Gasteiger partial charge in [0.15, 0.2) is 0 Å². The molecule has 1 amide bonds. The van der Waals surface area contributed by atoms with Crippen molar-refractivity contribution in [3.63, 3.8) is 0 Å². The lowest BCUT2D eigenvalue weighted by Gasteiger charge is -2.38. The number of oxazole rings is 1. The van der Waals surface area contributed by atoms with Crippen LogP contribution in [-0.4, -0.2) is 40.1 Å². The zero-order valence-electron chi connectivity index (χ0n) is 20.8. The van der Waals surface area contributed by atoms with Crippen molar-refractivity contribution in [2.45, 2.75) is 56.4 Å². The third kappa shape index (κ3) is 4.80. The Balaban J connectivity index is 1.40. The number of hydrogen-bond donors (Lipinski definition) is 3. The van der Waals surface area contributed by atoms with Crippen molar-refractivity contribution in [3.05, 3.63) is 72.5 Å². The summed E-state index contributed by atoms with van der Waals surface area (Å²) in [5.74, 6) is 0.625. The summed E-state index contributed by atoms with van der Waals surface area (Å²) in [5, 5.41) is 7.63. The van der Waals surface area contributed by atoms with Gasteiger partial charge in [0.05, 0.1) is 19.5 Å². The molecule has 5 rings (SSSR count). The second kappa shape index (κ2) is 10.0. The Labute approximate surface area is 210 Å². The number of para-hydroxylation sites is 1. The SMILES string of the molecule is COc1ccc(C2(CNC(=O)[C@](C)(Cc3c[nH]c4ccccc34)Nc3ncco3)CCCCC2)nc1. The fraction of sp³-hybridized carbons (Fsp3) is 0.393. The van der Waals surface area contributed by atoms with Crippen molar-refractivity contribution < 1.29 is 13.9 Å². The largest absolute Gasteiger partial charge is 0.495 e. The molecular formula is C28H33N5O3. The highest BCUT2D eigenvalue weighted by Crippen LogP contribution is 2.38. The first-order chi connectivity index (χ1) is 17.5. The van der Waals surface area contributed by atoms with Crippen LogP contribution in [0.2, 0.25) is 0 Å². The lowest BCUT2D eigenvalue weighted by atomic mass is 9.71. The van der Waals surface area contributed by atoms with Gasteiger partial charge < -0.3 is 24.8 Å². The quantitative estimate of drug-likeness (QED) is 0.307. The first-order valence-corrected chi connectivity index (χ1v) is 12.5. The Morgan fingerprint density at radius 1 is 1.17 bits per heavy atom. The van der Waals surface area contributed by atoms with E-state index in [1.807, 2.05) is 43.5 Å². The third-order valence-electron chi connectivity index (χ3n) is 7.45. The van der Waals surface area contributed by atoms with E-state index in [2.05, 4.69) is 26.7 Å². The van der Waals surface area contributed by atoms with Crippen LogP contribution >= 0.6 is 0 Å². The molecule has 1 atom stereocenters. The Bertz CT molecular complexity index is 1290. The van der Waals surface area contributed by atoms with Gasteiger partial charge in [-0.1, -0.05) is 37.5 Å². The van der Waals surface area contributed by atoms with Gasteiger partial charge >= 0.3 is 0 Å². The van der Waals surface area contributed by atoms with E-state index in [9.17, 15) is 4.79 Å². The molecule has 3 aromatic heterocycles. The summed E-state index contributed by atoms with van der Waals surface area (Å²) < 4.78 is 10.8. The van der Waals surface area contributed by atoms with Crippen LogP contribution in [-0.2, 0) is 16.6 Å². The minimum atomic E-state index is -0.987. The zero-order chi connectivity index (χ0) is 25.0. The van der Waals surface area contributed by atoms with Crippen LogP contribution in [0.5, 0.6) is 5.75 Å². The predicted molar refractivity (Wildman–Crippen MR) is 139 cm³/mol. The van der Waals surface area contributed by atoms with Gasteiger partial charge in [-0.3, -0.25) is 9.78 Å². The fourth-order valence-electron chi connectivity index (χ4n) is 5.37. The number of fused-ring (bicyclic) bond motifs is 1. The van der Waals surface area contributed by atoms with Gasteiger partial charge in [-0.25, -0.2) is 4.98 Å². The molecule has 0 spiro atoms. The van der Waals surface area contributed by atoms with Gasteiger partial charge in [0.25, 0.3) is 6.01 Å². The van der Waals surface area contributed by atoms with E-state index < -0.39 is 5.54 Å². The third-order valence-corrected chi connectivity index (χ3v) is 7.45. The van der Waals surface area contributed by atoms with Gasteiger partial charge in [0, 0.05) is 41.2 Å². The number of nitrogens with one attached hydrogen (secondary N) is 3. The lowest BCUT2D eigenvalue weighted by Crippen LogP contribution is -2.55. The van der Waals surface area contributed by atoms with Gasteiger partial charge in [0.1, 0.15) is 17.6 Å². The van der Waals surface area contributed by atoms with Crippen LogP contribution in [0.4, 0.5) is 6.01 Å². The highest BCUT2D eigenvalue weighted by atomic mass is 16.5. The zero-order valence-corrected chi connectivity index (χ0v) is 20.8. The summed E-state index contributed by atoms with van der Waals surface area (Å²) in [4.78, 5) is 26.1. The molecule has 0 unspecified atom stereocenters. The van der Waals surface area contributed by atoms with E-state index >= 15 is 0 Å². The summed E-state index contributed by atoms with van der Waals surface area (Å²) in [6, 6.07) is 12.4. The highest BCUT2D eigenvalue weighted by Gasteiger charge is 2.40. The Kier molecular flexibility index (Phi) is 6.67. The monoisotopic (exact) mass is 487 g/mol. The Hall–Kier alpha value is -3.81. The molecule has 0 saturated heterocycles. The van der Waals surface area contributed by atoms with E-state index in [0.717, 1.165) is 53.6 Å². The van der Waals surface area contributed by atoms with Crippen molar-refractivity contribution in [1.82, 2.24) is 20.3 Å². The number of benzene rings is 1. The number of methoxy groups -OCH3 is 1. The van der Waals surface area contributed by atoms with E-state index in [0.29, 0.717) is 19.0 Å². The average Bonchev–Trinajstić information content (AvgIpc) is 3.58. The topological polar surface area (TPSA) is 105 Å². The molecule has 36 heavy (non-hydrogen) atoms. The molecule has 4 aromatic rings. The molecule has 1 aliphatic carbocycles. The molecule has 0 bridgehead atoms. The standard InChI is InChI=1S/C28H33N5O3/c1-27(33-26-29-14-15-36-26,16-20-17-30-23-9-5-4-8-22(20)23)25(34)32-19-28(12-6-3-7-13-28)24-11-10-21(35-2)18-31-24/h4-5,8-11,14-15,17-18,30H,3,6-7,12-13,16,19H2,1-2H3,(H,29,33)(H,32,34)/t27-/m0/s1. The maximum Gasteiger partial charge on any atom is 0.295 e. The second-order valence-corrected chi connectivity index (χ2v) is 9.94. The number of hydrogen-bond acceptors (Lipinski definition) is 6. The van der Waals surface area contributed by atoms with Gasteiger partial charge in [-0.05, 0) is 43.5 Å². The van der Waals surface area contributed by atoms with Crippen LogP contribution in [0.15, 0.2) is 65.7 Å². The first kappa shape index (κ1) is 23.9. The number of carbonyl (C=O) groups excluding carboxylic acids is 1. The summed E-state index contributed by atoms with van der Waals surface area (Å²) in [5.41, 5.74) is 1.90. The number of ether oxygens (including phenoxy) is 1. The predicted octanol–water partition coefficient (Wildman–Crippen LogP) is 4.99. The van der Waals surface area contributed by atoms with E-state index in [1.165, 1.54) is 12.7 Å². The summed E-state index contributed by atoms with van der Waals surface area (Å²) in [6.45, 7) is 2.41. The van der Waals surface area contributed by atoms with Crippen LogP contribution in [0.1, 0.15) is 50.3 Å². The number of carbonyl (C=O) groups is 1. The van der Waals surface area contributed by atoms with Gasteiger partial charge in [0.2, 0.25) is 5.91 Å². The molecule has 0 aliphatic heterocycles. The average molecular weight is 488 g/mol. The van der Waals surface area contributed by atoms with Crippen LogP contribution in [0.25, 0.3) is 10.9 Å². The summed E-state index contributed by atoms with van der Waals surface area (Å²) in [7, 11) is 1.64. The lowest BCUT2D eigenvalue weighted by molar-refractivity contribution is -0.125. The van der Waals surface area contributed by atoms with Gasteiger partial charge in [-0.15, -0.1) is 0 Å². The van der Waals surface area contributed by atoms with Crippen molar-refractivity contribution in [1.29, 1.82) is 0 Å². The molecular weight excluding hydrogens is 454 g/mol. The van der Waals surface area contributed by atoms with Crippen LogP contribution < -0.4 is 15.4 Å². The normalized spacial score (nSPS) is 16.8. The summed E-state index contributed by atoms with van der Waals surface area (Å²) in [6.07, 6.45) is 12.7. The molecule has 3 heterocycles. The molecule has 8 nitrogen and oxygen atoms in total.